The first-order valence-corrected chi connectivity index (χ1v) is 13.3. The van der Waals surface area contributed by atoms with Crippen LogP contribution in [0.25, 0.3) is 0 Å². The maximum atomic E-state index is 14.3. The highest BCUT2D eigenvalue weighted by Gasteiger charge is 2.38. The van der Waals surface area contributed by atoms with Crippen LogP contribution in [-0.4, -0.2) is 47.0 Å². The van der Waals surface area contributed by atoms with Gasteiger partial charge in [0, 0.05) is 19.0 Å². The minimum Gasteiger partial charge on any atom is -0.444 e. The predicted octanol–water partition coefficient (Wildman–Crippen LogP) is 5.41. The van der Waals surface area contributed by atoms with Crippen LogP contribution in [0, 0.1) is 0 Å². The lowest BCUT2D eigenvalue weighted by Crippen LogP contribution is -2.56. The normalized spacial score (nSPS) is 13.7. The maximum absolute atomic E-state index is 14.3. The lowest BCUT2D eigenvalue weighted by atomic mass is 9.98. The van der Waals surface area contributed by atoms with Gasteiger partial charge in [0.15, 0.2) is 0 Å². The highest BCUT2D eigenvalue weighted by molar-refractivity contribution is 5.92. The highest BCUT2D eigenvalue weighted by atomic mass is 16.6. The summed E-state index contributed by atoms with van der Waals surface area (Å²) in [6.07, 6.45) is 2.03. The number of nitrogens with zero attached hydrogens (tertiary/aromatic N) is 1. The molecule has 202 valence electrons. The van der Waals surface area contributed by atoms with Crippen LogP contribution < -0.4 is 10.6 Å². The maximum Gasteiger partial charge on any atom is 0.408 e. The topological polar surface area (TPSA) is 87.7 Å². The first kappa shape index (κ1) is 29.9. The van der Waals surface area contributed by atoms with Crippen molar-refractivity contribution in [3.63, 3.8) is 0 Å². The van der Waals surface area contributed by atoms with E-state index in [9.17, 15) is 14.4 Å². The summed E-state index contributed by atoms with van der Waals surface area (Å²) in [5.41, 5.74) is 0.901. The average molecular weight is 510 g/mol. The molecule has 0 saturated heterocycles. The van der Waals surface area contributed by atoms with Crippen molar-refractivity contribution >= 4 is 17.9 Å². The first-order chi connectivity index (χ1) is 17.6. The smallest absolute Gasteiger partial charge is 0.408 e. The third-order valence-corrected chi connectivity index (χ3v) is 6.06. The quantitative estimate of drug-likeness (QED) is 0.375. The van der Waals surface area contributed by atoms with Crippen molar-refractivity contribution < 1.29 is 19.1 Å². The number of carbonyl (C=O) groups is 3. The number of nitrogens with one attached hydrogen (secondary N) is 2. The Kier molecular flexibility index (Phi) is 11.6. The zero-order valence-electron chi connectivity index (χ0n) is 23.1. The van der Waals surface area contributed by atoms with E-state index in [1.165, 1.54) is 0 Å². The number of rotatable bonds is 12. The minimum atomic E-state index is -0.916. The number of ether oxygens (including phenoxy) is 1. The van der Waals surface area contributed by atoms with Gasteiger partial charge < -0.3 is 20.3 Å². The van der Waals surface area contributed by atoms with Gasteiger partial charge in [0.1, 0.15) is 17.7 Å². The summed E-state index contributed by atoms with van der Waals surface area (Å²) in [5, 5.41) is 5.81. The largest absolute Gasteiger partial charge is 0.444 e. The van der Waals surface area contributed by atoms with E-state index < -0.39 is 23.8 Å². The number of hydrogen-bond donors (Lipinski definition) is 2. The Morgan fingerprint density at radius 1 is 0.946 bits per heavy atom. The number of carbonyl (C=O) groups excluding carboxylic acids is 3. The van der Waals surface area contributed by atoms with Crippen molar-refractivity contribution in [2.75, 3.05) is 6.54 Å². The van der Waals surface area contributed by atoms with E-state index in [0.717, 1.165) is 24.0 Å². The monoisotopic (exact) mass is 509 g/mol. The van der Waals surface area contributed by atoms with Gasteiger partial charge in [0.2, 0.25) is 11.8 Å². The minimum absolute atomic E-state index is 0.232. The Hall–Kier alpha value is -3.35. The van der Waals surface area contributed by atoms with Crippen LogP contribution in [0.3, 0.4) is 0 Å². The van der Waals surface area contributed by atoms with Gasteiger partial charge in [-0.05, 0) is 51.7 Å². The summed E-state index contributed by atoms with van der Waals surface area (Å²) < 4.78 is 5.48. The van der Waals surface area contributed by atoms with Gasteiger partial charge in [-0.3, -0.25) is 9.59 Å². The lowest BCUT2D eigenvalue weighted by Gasteiger charge is -2.38. The fourth-order valence-electron chi connectivity index (χ4n) is 4.03. The molecule has 2 N–H and O–H groups in total. The molecule has 2 aromatic rings. The average Bonchev–Trinajstić information content (AvgIpc) is 2.86. The Balaban J connectivity index is 2.50. The van der Waals surface area contributed by atoms with Gasteiger partial charge in [-0.2, -0.15) is 0 Å². The molecule has 0 spiro atoms. The van der Waals surface area contributed by atoms with Gasteiger partial charge in [-0.25, -0.2) is 4.79 Å². The fourth-order valence-corrected chi connectivity index (χ4v) is 4.03. The molecule has 0 aliphatic heterocycles. The highest BCUT2D eigenvalue weighted by Crippen LogP contribution is 2.26. The Labute approximate surface area is 222 Å². The molecular formula is C30H43N3O4. The molecule has 0 aliphatic carbocycles. The van der Waals surface area contributed by atoms with E-state index in [1.54, 1.807) is 25.7 Å². The molecule has 0 radical (unpaired) electrons. The van der Waals surface area contributed by atoms with E-state index in [-0.39, 0.29) is 24.3 Å². The van der Waals surface area contributed by atoms with E-state index in [0.29, 0.717) is 13.0 Å². The second-order valence-corrected chi connectivity index (χ2v) is 10.3. The van der Waals surface area contributed by atoms with Gasteiger partial charge >= 0.3 is 6.09 Å². The van der Waals surface area contributed by atoms with E-state index >= 15 is 0 Å². The summed E-state index contributed by atoms with van der Waals surface area (Å²) in [6, 6.07) is 16.8. The molecule has 0 aliphatic rings. The van der Waals surface area contributed by atoms with Crippen molar-refractivity contribution in [2.24, 2.45) is 0 Å². The van der Waals surface area contributed by atoms with Gasteiger partial charge in [-0.1, -0.05) is 80.9 Å². The zero-order chi connectivity index (χ0) is 27.4. The van der Waals surface area contributed by atoms with Crippen LogP contribution >= 0.6 is 0 Å². The third-order valence-electron chi connectivity index (χ3n) is 6.06. The SMILES string of the molecule is CCCCNC(=O)C(c1ccccc1)N(C(=O)C(Cc1ccccc1)NC(=O)OC(C)(C)C)C(C)CC. The molecule has 7 nitrogen and oxygen atoms in total. The molecule has 37 heavy (non-hydrogen) atoms. The van der Waals surface area contributed by atoms with Crippen molar-refractivity contribution in [1.82, 2.24) is 15.5 Å². The van der Waals surface area contributed by atoms with Gasteiger partial charge in [0.05, 0.1) is 0 Å². The molecule has 7 heteroatoms. The first-order valence-electron chi connectivity index (χ1n) is 13.3. The van der Waals surface area contributed by atoms with Crippen LogP contribution in [-0.2, 0) is 20.7 Å². The Morgan fingerprint density at radius 3 is 2.08 bits per heavy atom. The molecule has 2 rings (SSSR count). The molecule has 0 bridgehead atoms. The molecule has 3 atom stereocenters. The number of benzene rings is 2. The molecule has 2 aromatic carbocycles. The number of hydrogen-bond acceptors (Lipinski definition) is 4. The van der Waals surface area contributed by atoms with Crippen LogP contribution in [0.2, 0.25) is 0 Å². The standard InChI is InChI=1S/C30H43N3O4/c1-7-9-20-31-27(34)26(24-18-14-11-15-19-24)33(22(3)8-2)28(35)25(21-23-16-12-10-13-17-23)32-29(36)37-30(4,5)6/h10-19,22,25-26H,7-9,20-21H2,1-6H3,(H,31,34)(H,32,36). The van der Waals surface area contributed by atoms with Gasteiger partial charge in [0.25, 0.3) is 0 Å². The summed E-state index contributed by atoms with van der Waals surface area (Å²) in [6.45, 7) is 11.8. The van der Waals surface area contributed by atoms with Crippen LogP contribution in [0.15, 0.2) is 60.7 Å². The summed E-state index contributed by atoms with van der Waals surface area (Å²) in [5.74, 6) is -0.562. The fraction of sp³-hybridized carbons (Fsp3) is 0.500. The van der Waals surface area contributed by atoms with Crippen molar-refractivity contribution in [1.29, 1.82) is 0 Å². The zero-order valence-corrected chi connectivity index (χ0v) is 23.1. The van der Waals surface area contributed by atoms with Crippen LogP contribution in [0.5, 0.6) is 0 Å². The summed E-state index contributed by atoms with van der Waals surface area (Å²) in [7, 11) is 0. The summed E-state index contributed by atoms with van der Waals surface area (Å²) in [4.78, 5) is 42.2. The summed E-state index contributed by atoms with van der Waals surface area (Å²) >= 11 is 0. The molecule has 3 unspecified atom stereocenters. The molecule has 0 aromatic heterocycles. The Bertz CT molecular complexity index is 989. The van der Waals surface area contributed by atoms with Crippen LogP contribution in [0.1, 0.15) is 78.0 Å². The predicted molar refractivity (Wildman–Crippen MR) is 147 cm³/mol. The van der Waals surface area contributed by atoms with E-state index in [4.69, 9.17) is 4.74 Å². The van der Waals surface area contributed by atoms with Crippen LogP contribution in [0.4, 0.5) is 4.79 Å². The van der Waals surface area contributed by atoms with Crippen molar-refractivity contribution in [3.8, 4) is 0 Å². The number of unbranched alkanes of at least 4 members (excludes halogenated alkanes) is 1. The second kappa shape index (κ2) is 14.4. The molecule has 0 fully saturated rings. The molecule has 0 heterocycles. The van der Waals surface area contributed by atoms with Gasteiger partial charge in [-0.15, -0.1) is 0 Å². The number of amides is 3. The van der Waals surface area contributed by atoms with Crippen molar-refractivity contribution in [2.45, 2.75) is 91.0 Å². The molecule has 3 amide bonds. The molecule has 0 saturated carbocycles. The van der Waals surface area contributed by atoms with E-state index in [1.807, 2.05) is 74.5 Å². The second-order valence-electron chi connectivity index (χ2n) is 10.3. The number of alkyl carbamates (subject to hydrolysis) is 1. The third kappa shape index (κ3) is 9.56. The Morgan fingerprint density at radius 2 is 1.54 bits per heavy atom. The van der Waals surface area contributed by atoms with Crippen molar-refractivity contribution in [3.05, 3.63) is 71.8 Å². The molecular weight excluding hydrogens is 466 g/mol. The van der Waals surface area contributed by atoms with E-state index in [2.05, 4.69) is 17.6 Å². The lowest BCUT2D eigenvalue weighted by molar-refractivity contribution is -0.145.